The third kappa shape index (κ3) is 2.07. The number of aromatic amines is 1. The molecule has 0 aliphatic rings. The summed E-state index contributed by atoms with van der Waals surface area (Å²) in [6.45, 7) is 6.39. The largest absolute Gasteiger partial charge is 0.368 e. The SMILES string of the molecule is CC(C)(C)c1nc2ccc(-c3cc(N)on3)cc2[nH]1. The fraction of sp³-hybridized carbons (Fsp3) is 0.286. The number of hydrogen-bond acceptors (Lipinski definition) is 4. The summed E-state index contributed by atoms with van der Waals surface area (Å²) in [5.41, 5.74) is 9.16. The van der Waals surface area contributed by atoms with E-state index >= 15 is 0 Å². The van der Waals surface area contributed by atoms with Crippen LogP contribution in [0.1, 0.15) is 26.6 Å². The molecule has 98 valence electrons. The molecule has 0 radical (unpaired) electrons. The normalized spacial score (nSPS) is 12.2. The predicted octanol–water partition coefficient (Wildman–Crippen LogP) is 3.10. The molecule has 5 heteroatoms. The smallest absolute Gasteiger partial charge is 0.222 e. The van der Waals surface area contributed by atoms with E-state index in [1.807, 2.05) is 18.2 Å². The van der Waals surface area contributed by atoms with Gasteiger partial charge in [-0.25, -0.2) is 4.98 Å². The number of nitrogens with one attached hydrogen (secondary N) is 1. The average molecular weight is 256 g/mol. The number of aromatic nitrogens is 3. The molecule has 0 amide bonds. The quantitative estimate of drug-likeness (QED) is 0.701. The van der Waals surface area contributed by atoms with E-state index in [9.17, 15) is 0 Å². The van der Waals surface area contributed by atoms with Gasteiger partial charge in [0.15, 0.2) is 0 Å². The van der Waals surface area contributed by atoms with Crippen LogP contribution in [0.15, 0.2) is 28.8 Å². The first-order valence-electron chi connectivity index (χ1n) is 6.16. The number of hydrogen-bond donors (Lipinski definition) is 2. The van der Waals surface area contributed by atoms with E-state index in [2.05, 4.69) is 35.9 Å². The van der Waals surface area contributed by atoms with Crippen molar-refractivity contribution in [3.63, 3.8) is 0 Å². The molecule has 3 N–H and O–H groups in total. The van der Waals surface area contributed by atoms with Gasteiger partial charge in [-0.1, -0.05) is 32.0 Å². The van der Waals surface area contributed by atoms with Crippen LogP contribution in [0.5, 0.6) is 0 Å². The maximum absolute atomic E-state index is 5.54. The Labute approximate surface area is 110 Å². The summed E-state index contributed by atoms with van der Waals surface area (Å²) >= 11 is 0. The van der Waals surface area contributed by atoms with E-state index in [1.54, 1.807) is 6.07 Å². The van der Waals surface area contributed by atoms with Gasteiger partial charge in [0, 0.05) is 17.0 Å². The Morgan fingerprint density at radius 2 is 2.00 bits per heavy atom. The van der Waals surface area contributed by atoms with Crippen LogP contribution in [0.2, 0.25) is 0 Å². The highest BCUT2D eigenvalue weighted by Crippen LogP contribution is 2.26. The number of nitrogen functional groups attached to an aromatic ring is 1. The van der Waals surface area contributed by atoms with Crippen molar-refractivity contribution in [2.45, 2.75) is 26.2 Å². The number of rotatable bonds is 1. The van der Waals surface area contributed by atoms with Crippen LogP contribution in [0.3, 0.4) is 0 Å². The van der Waals surface area contributed by atoms with Gasteiger partial charge >= 0.3 is 0 Å². The molecule has 0 aliphatic carbocycles. The van der Waals surface area contributed by atoms with Gasteiger partial charge in [0.2, 0.25) is 5.88 Å². The van der Waals surface area contributed by atoms with Gasteiger partial charge in [0.25, 0.3) is 0 Å². The maximum atomic E-state index is 5.54. The van der Waals surface area contributed by atoms with Crippen molar-refractivity contribution in [3.8, 4) is 11.3 Å². The molecular formula is C14H16N4O. The lowest BCUT2D eigenvalue weighted by atomic mass is 9.96. The standard InChI is InChI=1S/C14H16N4O/c1-14(2,3)13-16-9-5-4-8(6-11(9)17-13)10-7-12(15)19-18-10/h4-7H,15H2,1-3H3,(H,16,17). The molecule has 0 saturated carbocycles. The fourth-order valence-corrected chi connectivity index (χ4v) is 1.95. The molecular weight excluding hydrogens is 240 g/mol. The molecule has 0 fully saturated rings. The van der Waals surface area contributed by atoms with E-state index in [1.165, 1.54) is 0 Å². The van der Waals surface area contributed by atoms with Gasteiger partial charge < -0.3 is 15.2 Å². The second-order valence-corrected chi connectivity index (χ2v) is 5.68. The number of benzene rings is 1. The molecule has 0 spiro atoms. The van der Waals surface area contributed by atoms with Crippen LogP contribution in [-0.2, 0) is 5.41 Å². The van der Waals surface area contributed by atoms with E-state index in [0.29, 0.717) is 5.88 Å². The first-order chi connectivity index (χ1) is 8.93. The van der Waals surface area contributed by atoms with Crippen molar-refractivity contribution in [2.75, 3.05) is 5.73 Å². The number of fused-ring (bicyclic) bond motifs is 1. The summed E-state index contributed by atoms with van der Waals surface area (Å²) in [5.74, 6) is 1.29. The Hall–Kier alpha value is -2.30. The van der Waals surface area contributed by atoms with Crippen molar-refractivity contribution < 1.29 is 4.52 Å². The summed E-state index contributed by atoms with van der Waals surface area (Å²) in [6.07, 6.45) is 0. The predicted molar refractivity (Wildman–Crippen MR) is 74.7 cm³/mol. The van der Waals surface area contributed by atoms with Crippen molar-refractivity contribution >= 4 is 16.9 Å². The molecule has 2 heterocycles. The van der Waals surface area contributed by atoms with Crippen LogP contribution in [0.25, 0.3) is 22.3 Å². The lowest BCUT2D eigenvalue weighted by Crippen LogP contribution is -2.12. The Morgan fingerprint density at radius 1 is 1.21 bits per heavy atom. The Bertz CT molecular complexity index is 733. The van der Waals surface area contributed by atoms with Crippen molar-refractivity contribution in [3.05, 3.63) is 30.1 Å². The fourth-order valence-electron chi connectivity index (χ4n) is 1.95. The second-order valence-electron chi connectivity index (χ2n) is 5.68. The van der Waals surface area contributed by atoms with E-state index < -0.39 is 0 Å². The first-order valence-corrected chi connectivity index (χ1v) is 6.16. The zero-order valence-corrected chi connectivity index (χ0v) is 11.2. The van der Waals surface area contributed by atoms with Crippen molar-refractivity contribution in [1.82, 2.24) is 15.1 Å². The molecule has 0 unspecified atom stereocenters. The Morgan fingerprint density at radius 3 is 2.63 bits per heavy atom. The van der Waals surface area contributed by atoms with Crippen LogP contribution in [-0.4, -0.2) is 15.1 Å². The lowest BCUT2D eigenvalue weighted by Gasteiger charge is -2.13. The minimum absolute atomic E-state index is 0.00248. The minimum atomic E-state index is -0.00248. The number of imidazole rings is 1. The number of anilines is 1. The van der Waals surface area contributed by atoms with Crippen LogP contribution in [0.4, 0.5) is 5.88 Å². The topological polar surface area (TPSA) is 80.7 Å². The molecule has 2 aromatic heterocycles. The third-order valence-electron chi connectivity index (χ3n) is 3.02. The monoisotopic (exact) mass is 256 g/mol. The average Bonchev–Trinajstić information content (AvgIpc) is 2.92. The van der Waals surface area contributed by atoms with E-state index in [4.69, 9.17) is 10.3 Å². The van der Waals surface area contributed by atoms with E-state index in [-0.39, 0.29) is 5.41 Å². The first kappa shape index (κ1) is 11.8. The third-order valence-corrected chi connectivity index (χ3v) is 3.02. The summed E-state index contributed by atoms with van der Waals surface area (Å²) < 4.78 is 4.89. The molecule has 0 saturated heterocycles. The summed E-state index contributed by atoms with van der Waals surface area (Å²) in [6, 6.07) is 7.66. The van der Waals surface area contributed by atoms with E-state index in [0.717, 1.165) is 28.1 Å². The highest BCUT2D eigenvalue weighted by Gasteiger charge is 2.18. The molecule has 5 nitrogen and oxygen atoms in total. The number of nitrogens with two attached hydrogens (primary N) is 1. The molecule has 0 atom stereocenters. The van der Waals surface area contributed by atoms with Gasteiger partial charge in [-0.3, -0.25) is 0 Å². The molecule has 3 rings (SSSR count). The van der Waals surface area contributed by atoms with Gasteiger partial charge in [-0.15, -0.1) is 0 Å². The van der Waals surface area contributed by atoms with Gasteiger partial charge in [0.1, 0.15) is 11.5 Å². The molecule has 3 aromatic rings. The lowest BCUT2D eigenvalue weighted by molar-refractivity contribution is 0.439. The van der Waals surface area contributed by atoms with Crippen LogP contribution >= 0.6 is 0 Å². The zero-order chi connectivity index (χ0) is 13.6. The zero-order valence-electron chi connectivity index (χ0n) is 11.2. The number of H-pyrrole nitrogens is 1. The van der Waals surface area contributed by atoms with Gasteiger partial charge in [-0.2, -0.15) is 0 Å². The minimum Gasteiger partial charge on any atom is -0.368 e. The maximum Gasteiger partial charge on any atom is 0.222 e. The summed E-state index contributed by atoms with van der Waals surface area (Å²) in [7, 11) is 0. The molecule has 1 aromatic carbocycles. The number of nitrogens with zero attached hydrogens (tertiary/aromatic N) is 2. The van der Waals surface area contributed by atoms with Gasteiger partial charge in [0.05, 0.1) is 11.0 Å². The van der Waals surface area contributed by atoms with Crippen molar-refractivity contribution in [1.29, 1.82) is 0 Å². The van der Waals surface area contributed by atoms with Gasteiger partial charge in [-0.05, 0) is 12.1 Å². The molecule has 19 heavy (non-hydrogen) atoms. The van der Waals surface area contributed by atoms with Crippen LogP contribution in [0, 0.1) is 0 Å². The summed E-state index contributed by atoms with van der Waals surface area (Å²) in [5, 5.41) is 3.91. The Balaban J connectivity index is 2.11. The summed E-state index contributed by atoms with van der Waals surface area (Å²) in [4.78, 5) is 7.95. The highest BCUT2D eigenvalue weighted by atomic mass is 16.5. The second kappa shape index (κ2) is 3.85. The highest BCUT2D eigenvalue weighted by molar-refractivity contribution is 5.81. The molecule has 0 aliphatic heterocycles. The molecule has 0 bridgehead atoms. The van der Waals surface area contributed by atoms with Crippen LogP contribution < -0.4 is 5.73 Å². The Kier molecular flexibility index (Phi) is 2.38. The van der Waals surface area contributed by atoms with Crippen molar-refractivity contribution in [2.24, 2.45) is 0 Å².